The Bertz CT molecular complexity index is 186. The predicted molar refractivity (Wildman–Crippen MR) is 47.6 cm³/mol. The lowest BCUT2D eigenvalue weighted by molar-refractivity contribution is -0.160. The lowest BCUT2D eigenvalue weighted by atomic mass is 9.88. The van der Waals surface area contributed by atoms with Gasteiger partial charge < -0.3 is 4.74 Å². The smallest absolute Gasteiger partial charge is 0.306 e. The van der Waals surface area contributed by atoms with Crippen LogP contribution in [0.1, 0.15) is 26.7 Å². The van der Waals surface area contributed by atoms with E-state index in [1.807, 2.05) is 13.0 Å². The maximum atomic E-state index is 11.0. The molecule has 0 aromatic heterocycles. The van der Waals surface area contributed by atoms with Crippen molar-refractivity contribution in [3.05, 3.63) is 12.7 Å². The summed E-state index contributed by atoms with van der Waals surface area (Å²) in [7, 11) is 0. The number of hydrogen-bond donors (Lipinski definition) is 0. The standard InChI is InChI=1S/C10H16O2/c1-4-7(2)10-8(3)5-6-9(11)12-10/h4,7-8,10H,1,5-6H2,2-3H3/t7-,8+,10-/m0/s1. The minimum absolute atomic E-state index is 0.0451. The van der Waals surface area contributed by atoms with Gasteiger partial charge in [-0.05, 0) is 12.3 Å². The molecule has 1 aliphatic rings. The predicted octanol–water partition coefficient (Wildman–Crippen LogP) is 2.15. The van der Waals surface area contributed by atoms with Crippen LogP contribution < -0.4 is 0 Å². The number of cyclic esters (lactones) is 1. The average molecular weight is 168 g/mol. The third kappa shape index (κ3) is 1.87. The van der Waals surface area contributed by atoms with Gasteiger partial charge >= 0.3 is 5.97 Å². The fourth-order valence-electron chi connectivity index (χ4n) is 1.60. The Labute approximate surface area is 73.6 Å². The largest absolute Gasteiger partial charge is 0.461 e. The molecule has 0 aromatic carbocycles. The number of hydrogen-bond acceptors (Lipinski definition) is 2. The lowest BCUT2D eigenvalue weighted by Gasteiger charge is -2.31. The Kier molecular flexibility index (Phi) is 2.90. The molecule has 1 aliphatic heterocycles. The van der Waals surface area contributed by atoms with E-state index in [-0.39, 0.29) is 18.0 Å². The summed E-state index contributed by atoms with van der Waals surface area (Å²) < 4.78 is 5.24. The zero-order valence-electron chi connectivity index (χ0n) is 7.75. The third-order valence-electron chi connectivity index (χ3n) is 2.52. The van der Waals surface area contributed by atoms with Gasteiger partial charge in [0.2, 0.25) is 0 Å². The minimum Gasteiger partial charge on any atom is -0.461 e. The molecule has 0 saturated carbocycles. The monoisotopic (exact) mass is 168 g/mol. The van der Waals surface area contributed by atoms with E-state index in [9.17, 15) is 4.79 Å². The van der Waals surface area contributed by atoms with Gasteiger partial charge in [0.05, 0.1) is 0 Å². The van der Waals surface area contributed by atoms with E-state index in [0.717, 1.165) is 6.42 Å². The number of carbonyl (C=O) groups excluding carboxylic acids is 1. The molecule has 0 aromatic rings. The van der Waals surface area contributed by atoms with Crippen molar-refractivity contribution >= 4 is 5.97 Å². The summed E-state index contributed by atoms with van der Waals surface area (Å²) in [4.78, 5) is 11.0. The van der Waals surface area contributed by atoms with Gasteiger partial charge in [-0.1, -0.05) is 19.9 Å². The van der Waals surface area contributed by atoms with Crippen LogP contribution in [-0.2, 0) is 9.53 Å². The Hall–Kier alpha value is -0.790. The van der Waals surface area contributed by atoms with Crippen molar-refractivity contribution in [2.75, 3.05) is 0 Å². The molecule has 1 fully saturated rings. The number of rotatable bonds is 2. The van der Waals surface area contributed by atoms with Crippen LogP contribution >= 0.6 is 0 Å². The van der Waals surface area contributed by atoms with Crippen molar-refractivity contribution < 1.29 is 9.53 Å². The summed E-state index contributed by atoms with van der Waals surface area (Å²) in [5.41, 5.74) is 0. The highest BCUT2D eigenvalue weighted by molar-refractivity contribution is 5.70. The molecular weight excluding hydrogens is 152 g/mol. The van der Waals surface area contributed by atoms with E-state index in [4.69, 9.17) is 4.74 Å². The topological polar surface area (TPSA) is 26.3 Å². The first-order chi connectivity index (χ1) is 5.65. The van der Waals surface area contributed by atoms with E-state index < -0.39 is 0 Å². The fourth-order valence-corrected chi connectivity index (χ4v) is 1.60. The van der Waals surface area contributed by atoms with E-state index in [0.29, 0.717) is 12.3 Å². The van der Waals surface area contributed by atoms with Gasteiger partial charge in [-0.15, -0.1) is 6.58 Å². The van der Waals surface area contributed by atoms with Crippen LogP contribution in [0, 0.1) is 11.8 Å². The quantitative estimate of drug-likeness (QED) is 0.466. The normalized spacial score (nSPS) is 32.3. The molecule has 0 aliphatic carbocycles. The summed E-state index contributed by atoms with van der Waals surface area (Å²) in [6, 6.07) is 0. The zero-order chi connectivity index (χ0) is 9.14. The highest BCUT2D eigenvalue weighted by atomic mass is 16.5. The molecule has 3 atom stereocenters. The van der Waals surface area contributed by atoms with Crippen molar-refractivity contribution in [1.29, 1.82) is 0 Å². The van der Waals surface area contributed by atoms with Crippen molar-refractivity contribution in [1.82, 2.24) is 0 Å². The molecule has 0 unspecified atom stereocenters. The highest BCUT2D eigenvalue weighted by Crippen LogP contribution is 2.26. The molecule has 0 spiro atoms. The number of carbonyl (C=O) groups is 1. The Balaban J connectivity index is 2.59. The van der Waals surface area contributed by atoms with Gasteiger partial charge in [0, 0.05) is 12.3 Å². The molecule has 0 radical (unpaired) electrons. The van der Waals surface area contributed by atoms with E-state index in [1.165, 1.54) is 0 Å². The summed E-state index contributed by atoms with van der Waals surface area (Å²) in [5.74, 6) is 0.673. The van der Waals surface area contributed by atoms with Gasteiger partial charge in [-0.25, -0.2) is 0 Å². The summed E-state index contributed by atoms with van der Waals surface area (Å²) in [6.45, 7) is 7.86. The second-order valence-electron chi connectivity index (χ2n) is 3.57. The number of ether oxygens (including phenoxy) is 1. The van der Waals surface area contributed by atoms with Crippen LogP contribution in [0.2, 0.25) is 0 Å². The highest BCUT2D eigenvalue weighted by Gasteiger charge is 2.30. The van der Waals surface area contributed by atoms with Crippen LogP contribution in [0.3, 0.4) is 0 Å². The molecule has 2 nitrogen and oxygen atoms in total. The Morgan fingerprint density at radius 1 is 1.75 bits per heavy atom. The second kappa shape index (κ2) is 3.74. The van der Waals surface area contributed by atoms with Gasteiger partial charge in [0.15, 0.2) is 0 Å². The zero-order valence-corrected chi connectivity index (χ0v) is 7.75. The van der Waals surface area contributed by atoms with Crippen molar-refractivity contribution in [2.45, 2.75) is 32.8 Å². The molecule has 0 amide bonds. The van der Waals surface area contributed by atoms with Gasteiger partial charge in [-0.3, -0.25) is 4.79 Å². The first-order valence-corrected chi connectivity index (χ1v) is 4.47. The van der Waals surface area contributed by atoms with Gasteiger partial charge in [0.1, 0.15) is 6.10 Å². The number of esters is 1. The van der Waals surface area contributed by atoms with E-state index >= 15 is 0 Å². The molecule has 1 saturated heterocycles. The molecule has 2 heteroatoms. The Morgan fingerprint density at radius 3 is 3.00 bits per heavy atom. The lowest BCUT2D eigenvalue weighted by Crippen LogP contribution is -2.35. The summed E-state index contributed by atoms with van der Waals surface area (Å²) >= 11 is 0. The molecule has 0 bridgehead atoms. The molecule has 1 heterocycles. The maximum Gasteiger partial charge on any atom is 0.306 e. The third-order valence-corrected chi connectivity index (χ3v) is 2.52. The van der Waals surface area contributed by atoms with Crippen molar-refractivity contribution in [3.63, 3.8) is 0 Å². The van der Waals surface area contributed by atoms with E-state index in [1.54, 1.807) is 0 Å². The van der Waals surface area contributed by atoms with E-state index in [2.05, 4.69) is 13.5 Å². The molecule has 0 N–H and O–H groups in total. The first kappa shape index (κ1) is 9.30. The van der Waals surface area contributed by atoms with Gasteiger partial charge in [0.25, 0.3) is 0 Å². The van der Waals surface area contributed by atoms with Crippen LogP contribution in [0.25, 0.3) is 0 Å². The van der Waals surface area contributed by atoms with Crippen LogP contribution in [0.4, 0.5) is 0 Å². The Morgan fingerprint density at radius 2 is 2.42 bits per heavy atom. The molecule has 1 rings (SSSR count). The van der Waals surface area contributed by atoms with Crippen molar-refractivity contribution in [3.8, 4) is 0 Å². The van der Waals surface area contributed by atoms with Gasteiger partial charge in [-0.2, -0.15) is 0 Å². The summed E-state index contributed by atoms with van der Waals surface area (Å²) in [6.07, 6.45) is 3.41. The van der Waals surface area contributed by atoms with Crippen LogP contribution in [0.15, 0.2) is 12.7 Å². The fraction of sp³-hybridized carbons (Fsp3) is 0.700. The SMILES string of the molecule is C=C[C@H](C)[C@@H]1OC(=O)CC[C@H]1C. The molecular formula is C10H16O2. The van der Waals surface area contributed by atoms with Crippen LogP contribution in [0.5, 0.6) is 0 Å². The van der Waals surface area contributed by atoms with Crippen LogP contribution in [-0.4, -0.2) is 12.1 Å². The maximum absolute atomic E-state index is 11.0. The first-order valence-electron chi connectivity index (χ1n) is 4.47. The minimum atomic E-state index is -0.0631. The molecule has 12 heavy (non-hydrogen) atoms. The molecule has 68 valence electrons. The second-order valence-corrected chi connectivity index (χ2v) is 3.57. The van der Waals surface area contributed by atoms with Crippen molar-refractivity contribution in [2.24, 2.45) is 11.8 Å². The summed E-state index contributed by atoms with van der Waals surface area (Å²) in [5, 5.41) is 0. The average Bonchev–Trinajstić information content (AvgIpc) is 2.08.